The van der Waals surface area contributed by atoms with Gasteiger partial charge in [-0.05, 0) is 24.9 Å². The van der Waals surface area contributed by atoms with Crippen LogP contribution in [0.4, 0.5) is 11.5 Å². The Hall–Kier alpha value is -1.47. The third-order valence-corrected chi connectivity index (χ3v) is 2.82. The maximum Gasteiger partial charge on any atom is 0.329 e. The largest absolute Gasteiger partial charge is 0.376 e. The third-order valence-electron chi connectivity index (χ3n) is 2.64. The Labute approximate surface area is 102 Å². The van der Waals surface area contributed by atoms with Crippen LogP contribution in [-0.4, -0.2) is 33.6 Å². The lowest BCUT2D eigenvalue weighted by Crippen LogP contribution is -2.27. The van der Waals surface area contributed by atoms with Crippen LogP contribution in [0.3, 0.4) is 0 Å². The summed E-state index contributed by atoms with van der Waals surface area (Å²) in [4.78, 5) is 17.7. The summed E-state index contributed by atoms with van der Waals surface area (Å²) in [5.41, 5.74) is -0.187. The molecule has 1 aliphatic heterocycles. The Morgan fingerprint density at radius 1 is 1.71 bits per heavy atom. The number of nitrogens with zero attached hydrogens (tertiary/aromatic N) is 3. The van der Waals surface area contributed by atoms with Gasteiger partial charge in [0.15, 0.2) is 0 Å². The summed E-state index contributed by atoms with van der Waals surface area (Å²) >= 11 is 5.63. The van der Waals surface area contributed by atoms with Crippen molar-refractivity contribution >= 4 is 23.1 Å². The lowest BCUT2D eigenvalue weighted by Gasteiger charge is -2.16. The molecule has 1 aromatic heterocycles. The van der Waals surface area contributed by atoms with E-state index in [-0.39, 0.29) is 28.9 Å². The Balaban J connectivity index is 2.24. The van der Waals surface area contributed by atoms with Crippen molar-refractivity contribution in [2.24, 2.45) is 0 Å². The molecule has 1 fully saturated rings. The van der Waals surface area contributed by atoms with Crippen molar-refractivity contribution in [3.8, 4) is 0 Å². The average molecular weight is 259 g/mol. The third kappa shape index (κ3) is 2.62. The molecule has 8 heteroatoms. The van der Waals surface area contributed by atoms with Crippen molar-refractivity contribution < 1.29 is 9.66 Å². The van der Waals surface area contributed by atoms with Crippen molar-refractivity contribution in [2.45, 2.75) is 25.5 Å². The fourth-order valence-corrected chi connectivity index (χ4v) is 1.82. The van der Waals surface area contributed by atoms with Crippen LogP contribution in [0, 0.1) is 10.1 Å². The van der Waals surface area contributed by atoms with E-state index in [0.29, 0.717) is 6.61 Å². The van der Waals surface area contributed by atoms with Gasteiger partial charge in [0, 0.05) is 6.61 Å². The van der Waals surface area contributed by atoms with E-state index in [1.54, 1.807) is 0 Å². The minimum absolute atomic E-state index is 0.000309. The van der Waals surface area contributed by atoms with Gasteiger partial charge in [0.1, 0.15) is 6.20 Å². The van der Waals surface area contributed by atoms with Gasteiger partial charge in [-0.25, -0.2) is 4.98 Å². The Kier molecular flexibility index (Phi) is 3.39. The fourth-order valence-electron chi connectivity index (χ4n) is 1.69. The van der Waals surface area contributed by atoms with E-state index in [1.807, 2.05) is 6.92 Å². The van der Waals surface area contributed by atoms with E-state index in [4.69, 9.17) is 16.3 Å². The smallest absolute Gasteiger partial charge is 0.329 e. The summed E-state index contributed by atoms with van der Waals surface area (Å²) in [7, 11) is 0. The molecule has 1 aliphatic rings. The summed E-state index contributed by atoms with van der Waals surface area (Å²) in [5.74, 6) is 0.136. The van der Waals surface area contributed by atoms with Gasteiger partial charge in [-0.3, -0.25) is 10.1 Å². The SMILES string of the molecule is CC1OCCC1Nc1nc(Cl)ncc1[N+](=O)[O-]. The van der Waals surface area contributed by atoms with Crippen molar-refractivity contribution in [1.82, 2.24) is 9.97 Å². The number of nitrogens with one attached hydrogen (secondary N) is 1. The Morgan fingerprint density at radius 3 is 3.06 bits per heavy atom. The van der Waals surface area contributed by atoms with Crippen molar-refractivity contribution in [3.05, 3.63) is 21.6 Å². The van der Waals surface area contributed by atoms with Gasteiger partial charge in [0.05, 0.1) is 17.1 Å². The molecule has 0 radical (unpaired) electrons. The fraction of sp³-hybridized carbons (Fsp3) is 0.556. The molecule has 17 heavy (non-hydrogen) atoms. The van der Waals surface area contributed by atoms with E-state index in [9.17, 15) is 10.1 Å². The zero-order valence-electron chi connectivity index (χ0n) is 9.09. The lowest BCUT2D eigenvalue weighted by atomic mass is 10.1. The monoisotopic (exact) mass is 258 g/mol. The molecule has 92 valence electrons. The number of anilines is 1. The Morgan fingerprint density at radius 2 is 2.47 bits per heavy atom. The van der Waals surface area contributed by atoms with Crippen molar-refractivity contribution in [3.63, 3.8) is 0 Å². The van der Waals surface area contributed by atoms with Crippen LogP contribution in [0.1, 0.15) is 13.3 Å². The normalized spacial score (nSPS) is 23.6. The first-order valence-electron chi connectivity index (χ1n) is 5.13. The summed E-state index contributed by atoms with van der Waals surface area (Å²) < 4.78 is 5.36. The molecule has 7 nitrogen and oxygen atoms in total. The molecule has 1 saturated heterocycles. The molecule has 0 aliphatic carbocycles. The quantitative estimate of drug-likeness (QED) is 0.503. The average Bonchev–Trinajstić information content (AvgIpc) is 2.64. The number of hydrogen-bond donors (Lipinski definition) is 1. The van der Waals surface area contributed by atoms with Gasteiger partial charge in [0.25, 0.3) is 0 Å². The first kappa shape index (κ1) is 12.0. The highest BCUT2D eigenvalue weighted by Crippen LogP contribution is 2.25. The minimum atomic E-state index is -0.543. The molecule has 0 spiro atoms. The zero-order chi connectivity index (χ0) is 12.4. The first-order valence-corrected chi connectivity index (χ1v) is 5.51. The molecular weight excluding hydrogens is 248 g/mol. The molecule has 2 atom stereocenters. The molecule has 0 aromatic carbocycles. The first-order chi connectivity index (χ1) is 8.08. The molecule has 1 aromatic rings. The molecule has 2 rings (SSSR count). The van der Waals surface area contributed by atoms with Crippen LogP contribution in [0.25, 0.3) is 0 Å². The molecule has 0 bridgehead atoms. The molecule has 2 heterocycles. The van der Waals surface area contributed by atoms with Crippen LogP contribution in [-0.2, 0) is 4.74 Å². The van der Waals surface area contributed by atoms with Crippen LogP contribution in [0.5, 0.6) is 0 Å². The van der Waals surface area contributed by atoms with Gasteiger partial charge in [0.2, 0.25) is 11.1 Å². The number of halogens is 1. The van der Waals surface area contributed by atoms with Gasteiger partial charge >= 0.3 is 5.69 Å². The van der Waals surface area contributed by atoms with Crippen molar-refractivity contribution in [2.75, 3.05) is 11.9 Å². The summed E-state index contributed by atoms with van der Waals surface area (Å²) in [6.07, 6.45) is 1.86. The second-order valence-corrected chi connectivity index (χ2v) is 4.08. The summed E-state index contributed by atoms with van der Waals surface area (Å²) in [5, 5.41) is 13.8. The number of ether oxygens (including phenoxy) is 1. The second-order valence-electron chi connectivity index (χ2n) is 3.75. The molecule has 0 saturated carbocycles. The van der Waals surface area contributed by atoms with E-state index < -0.39 is 4.92 Å². The number of hydrogen-bond acceptors (Lipinski definition) is 6. The van der Waals surface area contributed by atoms with E-state index >= 15 is 0 Å². The number of rotatable bonds is 3. The van der Waals surface area contributed by atoms with Gasteiger partial charge < -0.3 is 10.1 Å². The molecule has 2 unspecified atom stereocenters. The van der Waals surface area contributed by atoms with E-state index in [2.05, 4.69) is 15.3 Å². The lowest BCUT2D eigenvalue weighted by molar-refractivity contribution is -0.384. The van der Waals surface area contributed by atoms with Crippen molar-refractivity contribution in [1.29, 1.82) is 0 Å². The van der Waals surface area contributed by atoms with Gasteiger partial charge in [-0.2, -0.15) is 4.98 Å². The topological polar surface area (TPSA) is 90.2 Å². The molecular formula is C9H11ClN4O3. The standard InChI is InChI=1S/C9H11ClN4O3/c1-5-6(2-3-17-5)12-8-7(14(15)16)4-11-9(10)13-8/h4-6H,2-3H2,1H3,(H,11,12,13). The maximum absolute atomic E-state index is 10.8. The molecule has 0 amide bonds. The van der Waals surface area contributed by atoms with Crippen LogP contribution in [0.2, 0.25) is 5.28 Å². The van der Waals surface area contributed by atoms with E-state index in [1.165, 1.54) is 0 Å². The maximum atomic E-state index is 10.8. The van der Waals surface area contributed by atoms with Crippen LogP contribution < -0.4 is 5.32 Å². The predicted octanol–water partition coefficient (Wildman–Crippen LogP) is 1.63. The van der Waals surface area contributed by atoms with E-state index in [0.717, 1.165) is 12.6 Å². The zero-order valence-corrected chi connectivity index (χ0v) is 9.85. The minimum Gasteiger partial charge on any atom is -0.376 e. The van der Waals surface area contributed by atoms with Gasteiger partial charge in [-0.1, -0.05) is 0 Å². The van der Waals surface area contributed by atoms with Gasteiger partial charge in [-0.15, -0.1) is 0 Å². The highest BCUT2D eigenvalue weighted by molar-refractivity contribution is 6.28. The van der Waals surface area contributed by atoms with Crippen LogP contribution in [0.15, 0.2) is 6.20 Å². The molecule has 1 N–H and O–H groups in total. The second kappa shape index (κ2) is 4.80. The highest BCUT2D eigenvalue weighted by atomic mass is 35.5. The summed E-state index contributed by atoms with van der Waals surface area (Å²) in [6, 6.07) is -0.000309. The number of aromatic nitrogens is 2. The predicted molar refractivity (Wildman–Crippen MR) is 61.1 cm³/mol. The van der Waals surface area contributed by atoms with Crippen LogP contribution >= 0.6 is 11.6 Å². The number of nitro groups is 1. The summed E-state index contributed by atoms with van der Waals surface area (Å²) in [6.45, 7) is 2.53. The Bertz CT molecular complexity index is 442. The highest BCUT2D eigenvalue weighted by Gasteiger charge is 2.27.